The van der Waals surface area contributed by atoms with Crippen molar-refractivity contribution in [3.8, 4) is 5.75 Å². The van der Waals surface area contributed by atoms with Gasteiger partial charge in [-0.1, -0.05) is 12.1 Å². The number of benzene rings is 2. The van der Waals surface area contributed by atoms with Crippen LogP contribution in [0.4, 0.5) is 13.2 Å². The molecule has 0 fully saturated rings. The average Bonchev–Trinajstić information content (AvgIpc) is 2.93. The third-order valence-electron chi connectivity index (χ3n) is 5.03. The molecule has 0 saturated carbocycles. The van der Waals surface area contributed by atoms with Crippen molar-refractivity contribution >= 4 is 11.0 Å². The fourth-order valence-electron chi connectivity index (χ4n) is 3.45. The second kappa shape index (κ2) is 7.62. The molecule has 6 heteroatoms. The van der Waals surface area contributed by atoms with Gasteiger partial charge in [0, 0.05) is 30.6 Å². The van der Waals surface area contributed by atoms with Gasteiger partial charge in [-0.15, -0.1) is 0 Å². The molecule has 148 valence electrons. The Bertz CT molecular complexity index is 1160. The van der Waals surface area contributed by atoms with Crippen molar-refractivity contribution in [1.82, 2.24) is 9.55 Å². The van der Waals surface area contributed by atoms with Crippen LogP contribution >= 0.6 is 0 Å². The van der Waals surface area contributed by atoms with E-state index in [1.165, 1.54) is 24.3 Å². The standard InChI is InChI=1S/C23H19F3N2O/c1-14-15(2)28(12-16-3-5-18(24)6-4-16)23-21(7-8-27-22(14)23)29-13-17-9-19(25)11-20(26)10-17/h3-11H,12-13H2,1-2H3. The Hall–Kier alpha value is -3.28. The fraction of sp³-hybridized carbons (Fsp3) is 0.174. The number of hydrogen-bond donors (Lipinski definition) is 0. The lowest BCUT2D eigenvalue weighted by atomic mass is 10.2. The van der Waals surface area contributed by atoms with Gasteiger partial charge in [0.2, 0.25) is 0 Å². The lowest BCUT2D eigenvalue weighted by Gasteiger charge is -2.13. The topological polar surface area (TPSA) is 27.1 Å². The Labute approximate surface area is 166 Å². The van der Waals surface area contributed by atoms with Crippen molar-refractivity contribution in [1.29, 1.82) is 0 Å². The number of fused-ring (bicyclic) bond motifs is 1. The van der Waals surface area contributed by atoms with Gasteiger partial charge in [-0.05, 0) is 54.8 Å². The Balaban J connectivity index is 1.72. The summed E-state index contributed by atoms with van der Waals surface area (Å²) < 4.78 is 48.2. The molecule has 0 radical (unpaired) electrons. The Morgan fingerprint density at radius 1 is 0.862 bits per heavy atom. The molecule has 2 aromatic heterocycles. The number of aromatic nitrogens is 2. The molecule has 0 aliphatic rings. The zero-order valence-electron chi connectivity index (χ0n) is 16.0. The van der Waals surface area contributed by atoms with Crippen molar-refractivity contribution in [2.75, 3.05) is 0 Å². The number of halogens is 3. The summed E-state index contributed by atoms with van der Waals surface area (Å²) in [5.74, 6) is -1.00. The summed E-state index contributed by atoms with van der Waals surface area (Å²) in [7, 11) is 0. The molecule has 0 unspecified atom stereocenters. The number of rotatable bonds is 5. The molecule has 0 spiro atoms. The molecule has 0 aliphatic heterocycles. The molecule has 4 rings (SSSR count). The maximum atomic E-state index is 13.5. The smallest absolute Gasteiger partial charge is 0.147 e. The van der Waals surface area contributed by atoms with E-state index < -0.39 is 11.6 Å². The summed E-state index contributed by atoms with van der Waals surface area (Å²) in [6.45, 7) is 4.52. The Morgan fingerprint density at radius 2 is 1.55 bits per heavy atom. The minimum Gasteiger partial charge on any atom is -0.487 e. The molecular formula is C23H19F3N2O. The predicted octanol–water partition coefficient (Wildman–Crippen LogP) is 5.70. The first-order chi connectivity index (χ1) is 13.9. The molecule has 0 N–H and O–H groups in total. The van der Waals surface area contributed by atoms with Gasteiger partial charge in [-0.25, -0.2) is 13.2 Å². The van der Waals surface area contributed by atoms with E-state index in [1.54, 1.807) is 24.4 Å². The van der Waals surface area contributed by atoms with Crippen LogP contribution in [-0.2, 0) is 13.2 Å². The Kier molecular flexibility index (Phi) is 5.01. The van der Waals surface area contributed by atoms with Gasteiger partial charge in [0.15, 0.2) is 0 Å². The average molecular weight is 396 g/mol. The van der Waals surface area contributed by atoms with Crippen molar-refractivity contribution in [2.24, 2.45) is 0 Å². The van der Waals surface area contributed by atoms with Gasteiger partial charge in [0.05, 0.1) is 5.52 Å². The van der Waals surface area contributed by atoms with Crippen molar-refractivity contribution in [3.63, 3.8) is 0 Å². The molecular weight excluding hydrogens is 377 g/mol. The highest BCUT2D eigenvalue weighted by Gasteiger charge is 2.17. The summed E-state index contributed by atoms with van der Waals surface area (Å²) in [6.07, 6.45) is 1.65. The number of hydrogen-bond acceptors (Lipinski definition) is 2. The van der Waals surface area contributed by atoms with Crippen LogP contribution in [0.5, 0.6) is 5.75 Å². The number of ether oxygens (including phenoxy) is 1. The first kappa shape index (κ1) is 19.1. The fourth-order valence-corrected chi connectivity index (χ4v) is 3.45. The van der Waals surface area contributed by atoms with Crippen LogP contribution in [0.2, 0.25) is 0 Å². The molecule has 0 aliphatic carbocycles. The first-order valence-electron chi connectivity index (χ1n) is 9.19. The van der Waals surface area contributed by atoms with Crippen LogP contribution in [0, 0.1) is 31.3 Å². The number of pyridine rings is 1. The SMILES string of the molecule is Cc1c(C)n(Cc2ccc(F)cc2)c2c(OCc3cc(F)cc(F)c3)ccnc12. The van der Waals surface area contributed by atoms with Gasteiger partial charge in [0.1, 0.15) is 35.3 Å². The second-order valence-corrected chi connectivity index (χ2v) is 7.00. The van der Waals surface area contributed by atoms with E-state index >= 15 is 0 Å². The highest BCUT2D eigenvalue weighted by molar-refractivity contribution is 5.86. The summed E-state index contributed by atoms with van der Waals surface area (Å²) >= 11 is 0. The third-order valence-corrected chi connectivity index (χ3v) is 5.03. The molecule has 0 bridgehead atoms. The van der Waals surface area contributed by atoms with E-state index in [4.69, 9.17) is 4.74 Å². The summed E-state index contributed by atoms with van der Waals surface area (Å²) in [4.78, 5) is 4.48. The Morgan fingerprint density at radius 3 is 2.24 bits per heavy atom. The van der Waals surface area contributed by atoms with Crippen LogP contribution < -0.4 is 4.74 Å². The second-order valence-electron chi connectivity index (χ2n) is 7.00. The molecule has 0 atom stereocenters. The number of nitrogens with zero attached hydrogens (tertiary/aromatic N) is 2. The normalized spacial score (nSPS) is 11.2. The summed E-state index contributed by atoms with van der Waals surface area (Å²) in [5, 5.41) is 0. The minimum atomic E-state index is -0.644. The monoisotopic (exact) mass is 396 g/mol. The highest BCUT2D eigenvalue weighted by Crippen LogP contribution is 2.32. The molecule has 3 nitrogen and oxygen atoms in total. The predicted molar refractivity (Wildman–Crippen MR) is 105 cm³/mol. The molecule has 2 heterocycles. The van der Waals surface area contributed by atoms with Gasteiger partial charge in [-0.2, -0.15) is 0 Å². The molecule has 2 aromatic carbocycles. The van der Waals surface area contributed by atoms with E-state index in [0.717, 1.165) is 33.9 Å². The van der Waals surface area contributed by atoms with Gasteiger partial charge in [-0.3, -0.25) is 4.98 Å². The van der Waals surface area contributed by atoms with E-state index in [1.807, 2.05) is 13.8 Å². The van der Waals surface area contributed by atoms with E-state index in [9.17, 15) is 13.2 Å². The molecule has 0 saturated heterocycles. The molecule has 29 heavy (non-hydrogen) atoms. The minimum absolute atomic E-state index is 0.0214. The van der Waals surface area contributed by atoms with Crippen molar-refractivity contribution in [3.05, 3.63) is 94.6 Å². The largest absolute Gasteiger partial charge is 0.487 e. The molecule has 4 aromatic rings. The van der Waals surface area contributed by atoms with E-state index in [-0.39, 0.29) is 12.4 Å². The maximum absolute atomic E-state index is 13.5. The summed E-state index contributed by atoms with van der Waals surface area (Å²) in [6, 6.07) is 11.4. The van der Waals surface area contributed by atoms with Crippen molar-refractivity contribution < 1.29 is 17.9 Å². The van der Waals surface area contributed by atoms with Crippen LogP contribution in [0.3, 0.4) is 0 Å². The van der Waals surface area contributed by atoms with E-state index in [2.05, 4.69) is 9.55 Å². The van der Waals surface area contributed by atoms with Crippen LogP contribution in [-0.4, -0.2) is 9.55 Å². The van der Waals surface area contributed by atoms with Crippen molar-refractivity contribution in [2.45, 2.75) is 27.0 Å². The third kappa shape index (κ3) is 3.83. The van der Waals surface area contributed by atoms with Gasteiger partial charge >= 0.3 is 0 Å². The quantitative estimate of drug-likeness (QED) is 0.433. The van der Waals surface area contributed by atoms with Crippen LogP contribution in [0.1, 0.15) is 22.4 Å². The maximum Gasteiger partial charge on any atom is 0.147 e. The summed E-state index contributed by atoms with van der Waals surface area (Å²) in [5.41, 5.74) is 4.97. The number of aryl methyl sites for hydroxylation is 1. The highest BCUT2D eigenvalue weighted by atomic mass is 19.1. The molecule has 0 amide bonds. The lowest BCUT2D eigenvalue weighted by molar-refractivity contribution is 0.307. The zero-order valence-corrected chi connectivity index (χ0v) is 16.0. The van der Waals surface area contributed by atoms with Gasteiger partial charge in [0.25, 0.3) is 0 Å². The van der Waals surface area contributed by atoms with E-state index in [0.29, 0.717) is 17.9 Å². The zero-order chi connectivity index (χ0) is 20.5. The van der Waals surface area contributed by atoms with Crippen LogP contribution in [0.15, 0.2) is 54.7 Å². The lowest BCUT2D eigenvalue weighted by Crippen LogP contribution is -2.04. The van der Waals surface area contributed by atoms with Crippen LogP contribution in [0.25, 0.3) is 11.0 Å². The first-order valence-corrected chi connectivity index (χ1v) is 9.19. The van der Waals surface area contributed by atoms with Gasteiger partial charge < -0.3 is 9.30 Å².